The van der Waals surface area contributed by atoms with Gasteiger partial charge in [0.25, 0.3) is 0 Å². The van der Waals surface area contributed by atoms with Crippen LogP contribution < -0.4 is 0 Å². The Labute approximate surface area is 186 Å². The quantitative estimate of drug-likeness (QED) is 0.132. The van der Waals surface area contributed by atoms with Gasteiger partial charge in [-0.2, -0.15) is 0 Å². The first-order valence-corrected chi connectivity index (χ1v) is 13.0. The summed E-state index contributed by atoms with van der Waals surface area (Å²) >= 11 is 0. The average Bonchev–Trinajstić information content (AvgIpc) is 2.71. The molecule has 0 fully saturated rings. The van der Waals surface area contributed by atoms with E-state index in [1.807, 2.05) is 6.92 Å². The van der Waals surface area contributed by atoms with Crippen LogP contribution in [0.1, 0.15) is 149 Å². The van der Waals surface area contributed by atoms with Crippen LogP contribution in [0.25, 0.3) is 0 Å². The first kappa shape index (κ1) is 28.9. The highest BCUT2D eigenvalue weighted by Gasteiger charge is 2.13. The Morgan fingerprint density at radius 2 is 1.03 bits per heavy atom. The zero-order chi connectivity index (χ0) is 22.3. The number of carbonyl (C=O) groups is 2. The number of carboxylic acids is 1. The molecule has 1 N–H and O–H groups in total. The number of rotatable bonds is 23. The predicted molar refractivity (Wildman–Crippen MR) is 126 cm³/mol. The van der Waals surface area contributed by atoms with Crippen LogP contribution in [0.15, 0.2) is 0 Å². The van der Waals surface area contributed by atoms with Gasteiger partial charge in [0.1, 0.15) is 6.10 Å². The van der Waals surface area contributed by atoms with Crippen molar-refractivity contribution in [1.29, 1.82) is 0 Å². The molecule has 0 saturated heterocycles. The van der Waals surface area contributed by atoms with Crippen LogP contribution in [0.2, 0.25) is 0 Å². The molecule has 1 atom stereocenters. The summed E-state index contributed by atoms with van der Waals surface area (Å²) < 4.78 is 5.73. The summed E-state index contributed by atoms with van der Waals surface area (Å²) in [7, 11) is 0. The largest absolute Gasteiger partial charge is 0.481 e. The highest BCUT2D eigenvalue weighted by molar-refractivity contribution is 5.69. The molecule has 0 rings (SSSR count). The molecule has 0 aromatic heterocycles. The maximum absolute atomic E-state index is 11.9. The molecule has 0 aliphatic rings. The Morgan fingerprint density at radius 1 is 0.600 bits per heavy atom. The molecular weight excluding hydrogens is 376 g/mol. The summed E-state index contributed by atoms with van der Waals surface area (Å²) in [5.41, 5.74) is 0. The molecule has 4 nitrogen and oxygen atoms in total. The fraction of sp³-hybridized carbons (Fsp3) is 0.923. The van der Waals surface area contributed by atoms with Crippen molar-refractivity contribution in [2.45, 2.75) is 155 Å². The van der Waals surface area contributed by atoms with Gasteiger partial charge in [-0.3, -0.25) is 9.59 Å². The molecule has 0 spiro atoms. The zero-order valence-corrected chi connectivity index (χ0v) is 20.1. The van der Waals surface area contributed by atoms with E-state index in [1.54, 1.807) is 0 Å². The van der Waals surface area contributed by atoms with Crippen molar-refractivity contribution in [2.24, 2.45) is 0 Å². The molecular formula is C26H50O4. The summed E-state index contributed by atoms with van der Waals surface area (Å²) in [4.78, 5) is 22.4. The van der Waals surface area contributed by atoms with Gasteiger partial charge >= 0.3 is 11.9 Å². The Bertz CT molecular complexity index is 394. The Hall–Kier alpha value is -1.06. The van der Waals surface area contributed by atoms with Gasteiger partial charge in [-0.25, -0.2) is 0 Å². The second-order valence-electron chi connectivity index (χ2n) is 8.89. The highest BCUT2D eigenvalue weighted by Crippen LogP contribution is 2.18. The highest BCUT2D eigenvalue weighted by atomic mass is 16.5. The normalized spacial score (nSPS) is 12.1. The molecule has 0 aromatic carbocycles. The fourth-order valence-corrected chi connectivity index (χ4v) is 3.93. The van der Waals surface area contributed by atoms with E-state index >= 15 is 0 Å². The lowest BCUT2D eigenvalue weighted by atomic mass is 10.0. The molecule has 0 saturated carbocycles. The lowest BCUT2D eigenvalue weighted by Gasteiger charge is -2.18. The molecule has 0 amide bonds. The first-order chi connectivity index (χ1) is 14.6. The lowest BCUT2D eigenvalue weighted by molar-refractivity contribution is -0.150. The zero-order valence-electron chi connectivity index (χ0n) is 20.1. The molecule has 0 aliphatic heterocycles. The van der Waals surface area contributed by atoms with Gasteiger partial charge in [0.15, 0.2) is 0 Å². The number of hydrogen-bond donors (Lipinski definition) is 1. The van der Waals surface area contributed by atoms with E-state index in [-0.39, 0.29) is 18.5 Å². The Morgan fingerprint density at radius 3 is 1.47 bits per heavy atom. The summed E-state index contributed by atoms with van der Waals surface area (Å²) in [5, 5.41) is 8.67. The lowest BCUT2D eigenvalue weighted by Crippen LogP contribution is -2.18. The van der Waals surface area contributed by atoms with Gasteiger partial charge in [0, 0.05) is 12.8 Å². The predicted octanol–water partition coefficient (Wildman–Crippen LogP) is 8.21. The van der Waals surface area contributed by atoms with Gasteiger partial charge in [0.05, 0.1) is 0 Å². The Kier molecular flexibility index (Phi) is 21.8. The molecule has 0 bridgehead atoms. The van der Waals surface area contributed by atoms with Crippen molar-refractivity contribution in [3.8, 4) is 0 Å². The van der Waals surface area contributed by atoms with E-state index in [9.17, 15) is 9.59 Å². The van der Waals surface area contributed by atoms with Crippen molar-refractivity contribution in [2.75, 3.05) is 0 Å². The molecule has 0 heterocycles. The smallest absolute Gasteiger partial charge is 0.306 e. The van der Waals surface area contributed by atoms with Crippen LogP contribution in [0.4, 0.5) is 0 Å². The first-order valence-electron chi connectivity index (χ1n) is 13.0. The second-order valence-corrected chi connectivity index (χ2v) is 8.89. The number of aliphatic carboxylic acids is 1. The molecule has 30 heavy (non-hydrogen) atoms. The van der Waals surface area contributed by atoms with Crippen LogP contribution in [0.5, 0.6) is 0 Å². The van der Waals surface area contributed by atoms with Crippen molar-refractivity contribution < 1.29 is 19.4 Å². The van der Waals surface area contributed by atoms with Crippen LogP contribution in [0, 0.1) is 0 Å². The third-order valence-electron chi connectivity index (χ3n) is 5.80. The maximum Gasteiger partial charge on any atom is 0.306 e. The van der Waals surface area contributed by atoms with Crippen LogP contribution >= 0.6 is 0 Å². The average molecular weight is 427 g/mol. The SMILES string of the molecule is CCCCCCCCCCCCCC(CCCCCCCC(=O)O)OC(=O)CCC. The van der Waals surface area contributed by atoms with Crippen molar-refractivity contribution in [1.82, 2.24) is 0 Å². The number of hydrogen-bond acceptors (Lipinski definition) is 3. The van der Waals surface area contributed by atoms with E-state index in [4.69, 9.17) is 9.84 Å². The van der Waals surface area contributed by atoms with Gasteiger partial charge in [-0.05, 0) is 38.5 Å². The van der Waals surface area contributed by atoms with E-state index in [2.05, 4.69) is 6.92 Å². The molecule has 1 unspecified atom stereocenters. The standard InChI is InChI=1S/C26H50O4/c1-3-5-6-7-8-9-10-11-12-14-17-21-24(30-26(29)20-4-2)22-18-15-13-16-19-23-25(27)28/h24H,3-23H2,1-2H3,(H,27,28). The van der Waals surface area contributed by atoms with Crippen molar-refractivity contribution >= 4 is 11.9 Å². The number of ether oxygens (including phenoxy) is 1. The maximum atomic E-state index is 11.9. The molecule has 178 valence electrons. The molecule has 4 heteroatoms. The number of carboxylic acid groups (broad SMARTS) is 1. The van der Waals surface area contributed by atoms with Gasteiger partial charge in [-0.1, -0.05) is 97.3 Å². The van der Waals surface area contributed by atoms with E-state index in [1.165, 1.54) is 64.2 Å². The topological polar surface area (TPSA) is 63.6 Å². The van der Waals surface area contributed by atoms with E-state index in [0.717, 1.165) is 57.8 Å². The minimum absolute atomic E-state index is 0.0490. The second kappa shape index (κ2) is 22.6. The third kappa shape index (κ3) is 21.6. The summed E-state index contributed by atoms with van der Waals surface area (Å²) in [6.45, 7) is 4.28. The monoisotopic (exact) mass is 426 g/mol. The number of esters is 1. The summed E-state index contributed by atoms with van der Waals surface area (Å²) in [5.74, 6) is -0.753. The third-order valence-corrected chi connectivity index (χ3v) is 5.80. The minimum Gasteiger partial charge on any atom is -0.481 e. The van der Waals surface area contributed by atoms with Gasteiger partial charge in [-0.15, -0.1) is 0 Å². The van der Waals surface area contributed by atoms with Gasteiger partial charge in [0.2, 0.25) is 0 Å². The summed E-state index contributed by atoms with van der Waals surface area (Å²) in [6, 6.07) is 0. The molecule has 0 aliphatic carbocycles. The van der Waals surface area contributed by atoms with E-state index in [0.29, 0.717) is 6.42 Å². The number of carbonyl (C=O) groups excluding carboxylic acids is 1. The Balaban J connectivity index is 3.80. The molecule has 0 aromatic rings. The van der Waals surface area contributed by atoms with Crippen molar-refractivity contribution in [3.63, 3.8) is 0 Å². The van der Waals surface area contributed by atoms with Gasteiger partial charge < -0.3 is 9.84 Å². The van der Waals surface area contributed by atoms with E-state index < -0.39 is 5.97 Å². The van der Waals surface area contributed by atoms with Crippen LogP contribution in [-0.2, 0) is 14.3 Å². The fourth-order valence-electron chi connectivity index (χ4n) is 3.93. The molecule has 0 radical (unpaired) electrons. The van der Waals surface area contributed by atoms with Crippen molar-refractivity contribution in [3.05, 3.63) is 0 Å². The summed E-state index contributed by atoms with van der Waals surface area (Å²) in [6.07, 6.45) is 23.3. The minimum atomic E-state index is -0.704. The number of unbranched alkanes of at least 4 members (excludes halogenated alkanes) is 14. The van der Waals surface area contributed by atoms with Crippen LogP contribution in [-0.4, -0.2) is 23.1 Å². The van der Waals surface area contributed by atoms with Crippen LogP contribution in [0.3, 0.4) is 0 Å².